The zero-order valence-corrected chi connectivity index (χ0v) is 17.0. The van der Waals surface area contributed by atoms with Crippen LogP contribution in [0.2, 0.25) is 0 Å². The van der Waals surface area contributed by atoms with E-state index in [1.807, 2.05) is 0 Å². The molecular formula is C22H26O7. The van der Waals surface area contributed by atoms with Crippen LogP contribution in [0.25, 0.3) is 21.9 Å². The molecule has 2 aromatic heterocycles. The van der Waals surface area contributed by atoms with Gasteiger partial charge in [0.25, 0.3) is 0 Å². The van der Waals surface area contributed by atoms with Crippen LogP contribution in [0.4, 0.5) is 4.79 Å². The molecule has 0 saturated heterocycles. The van der Waals surface area contributed by atoms with Crippen molar-refractivity contribution in [2.75, 3.05) is 6.61 Å². The second-order valence-electron chi connectivity index (χ2n) is 7.20. The molecular weight excluding hydrogens is 376 g/mol. The zero-order chi connectivity index (χ0) is 21.0. The maximum absolute atomic E-state index is 12.3. The Balaban J connectivity index is 1.78. The molecule has 0 aliphatic carbocycles. The summed E-state index contributed by atoms with van der Waals surface area (Å²) in [5.74, 6) is -0.0151. The van der Waals surface area contributed by atoms with E-state index in [1.165, 1.54) is 19.3 Å². The number of carbonyl (C=O) groups is 1. The number of aromatic hydroxyl groups is 1. The molecule has 0 spiro atoms. The fourth-order valence-corrected chi connectivity index (χ4v) is 3.31. The second kappa shape index (κ2) is 9.03. The van der Waals surface area contributed by atoms with Crippen LogP contribution in [0.3, 0.4) is 0 Å². The van der Waals surface area contributed by atoms with Gasteiger partial charge >= 0.3 is 11.8 Å². The average Bonchev–Trinajstić information content (AvgIpc) is 3.02. The minimum atomic E-state index is -0.926. The van der Waals surface area contributed by atoms with Crippen LogP contribution in [0.5, 0.6) is 11.5 Å². The van der Waals surface area contributed by atoms with Crippen LogP contribution < -0.4 is 10.4 Å². The summed E-state index contributed by atoms with van der Waals surface area (Å²) in [6.45, 7) is 5.67. The molecule has 29 heavy (non-hydrogen) atoms. The Hall–Kier alpha value is -2.96. The third-order valence-electron chi connectivity index (χ3n) is 4.82. The van der Waals surface area contributed by atoms with Crippen LogP contribution in [-0.4, -0.2) is 17.9 Å². The number of rotatable bonds is 8. The minimum absolute atomic E-state index is 0.0949. The topological polar surface area (TPSA) is 99.1 Å². The number of phenols is 1. The van der Waals surface area contributed by atoms with Crippen LogP contribution >= 0.6 is 0 Å². The molecule has 0 saturated carbocycles. The van der Waals surface area contributed by atoms with E-state index in [-0.39, 0.29) is 29.1 Å². The van der Waals surface area contributed by atoms with Crippen molar-refractivity contribution < 1.29 is 28.2 Å². The molecule has 0 radical (unpaired) electrons. The van der Waals surface area contributed by atoms with Crippen LogP contribution in [0.1, 0.15) is 56.8 Å². The third kappa shape index (κ3) is 4.55. The Bertz CT molecular complexity index is 1070. The lowest BCUT2D eigenvalue weighted by Crippen LogP contribution is -2.12. The Labute approximate surface area is 168 Å². The van der Waals surface area contributed by atoms with Crippen molar-refractivity contribution in [3.8, 4) is 11.5 Å². The van der Waals surface area contributed by atoms with Crippen LogP contribution in [0, 0.1) is 13.8 Å². The summed E-state index contributed by atoms with van der Waals surface area (Å²) in [6, 6.07) is 3.17. The molecule has 7 heteroatoms. The summed E-state index contributed by atoms with van der Waals surface area (Å²) >= 11 is 0. The lowest BCUT2D eigenvalue weighted by atomic mass is 10.1. The Morgan fingerprint density at radius 2 is 1.79 bits per heavy atom. The monoisotopic (exact) mass is 402 g/mol. The van der Waals surface area contributed by atoms with Crippen molar-refractivity contribution in [1.82, 2.24) is 0 Å². The molecule has 0 amide bonds. The molecule has 1 N–H and O–H groups in total. The number of phenolic OH excluding ortho intramolecular Hbond substituents is 1. The summed E-state index contributed by atoms with van der Waals surface area (Å²) < 4.78 is 21.2. The van der Waals surface area contributed by atoms with E-state index in [9.17, 15) is 14.7 Å². The second-order valence-corrected chi connectivity index (χ2v) is 7.20. The number of benzene rings is 1. The highest BCUT2D eigenvalue weighted by Crippen LogP contribution is 2.42. The first-order chi connectivity index (χ1) is 13.9. The summed E-state index contributed by atoms with van der Waals surface area (Å²) in [5, 5.41) is 11.0. The van der Waals surface area contributed by atoms with Crippen molar-refractivity contribution in [3.63, 3.8) is 0 Å². The van der Waals surface area contributed by atoms with E-state index in [2.05, 4.69) is 6.92 Å². The molecule has 7 nitrogen and oxygen atoms in total. The van der Waals surface area contributed by atoms with Gasteiger partial charge in [0.05, 0.1) is 6.61 Å². The van der Waals surface area contributed by atoms with Crippen molar-refractivity contribution in [2.45, 2.75) is 59.3 Å². The Kier molecular flexibility index (Phi) is 6.46. The van der Waals surface area contributed by atoms with Gasteiger partial charge in [-0.15, -0.1) is 0 Å². The maximum Gasteiger partial charge on any atom is 0.514 e. The number of aryl methyl sites for hydroxylation is 2. The molecule has 0 unspecified atom stereocenters. The number of carbonyl (C=O) groups excluding carboxylic acids is 1. The van der Waals surface area contributed by atoms with Gasteiger partial charge in [-0.1, -0.05) is 39.0 Å². The number of furan rings is 1. The normalized spacial score (nSPS) is 11.3. The molecule has 0 fully saturated rings. The van der Waals surface area contributed by atoms with E-state index in [1.54, 1.807) is 26.0 Å². The van der Waals surface area contributed by atoms with Gasteiger partial charge in [-0.3, -0.25) is 0 Å². The fourth-order valence-electron chi connectivity index (χ4n) is 3.31. The lowest BCUT2D eigenvalue weighted by Gasteiger charge is -2.09. The molecule has 3 aromatic rings. The van der Waals surface area contributed by atoms with E-state index in [4.69, 9.17) is 18.3 Å². The Morgan fingerprint density at radius 3 is 2.55 bits per heavy atom. The van der Waals surface area contributed by atoms with Crippen molar-refractivity contribution in [2.24, 2.45) is 0 Å². The molecule has 0 bridgehead atoms. The molecule has 3 rings (SSSR count). The molecule has 0 atom stereocenters. The van der Waals surface area contributed by atoms with Gasteiger partial charge in [0.15, 0.2) is 11.3 Å². The molecule has 1 aromatic carbocycles. The number of hydrogen-bond donors (Lipinski definition) is 1. The quantitative estimate of drug-likeness (QED) is 0.291. The Morgan fingerprint density at radius 1 is 1.07 bits per heavy atom. The number of ether oxygens (including phenoxy) is 2. The van der Waals surface area contributed by atoms with Gasteiger partial charge < -0.3 is 23.4 Å². The first kappa shape index (κ1) is 20.8. The van der Waals surface area contributed by atoms with E-state index in [0.717, 1.165) is 19.3 Å². The van der Waals surface area contributed by atoms with Gasteiger partial charge in [-0.25, -0.2) is 9.59 Å². The number of fused-ring (bicyclic) bond motifs is 3. The van der Waals surface area contributed by atoms with Gasteiger partial charge in [0.1, 0.15) is 16.7 Å². The van der Waals surface area contributed by atoms with E-state index in [0.29, 0.717) is 22.3 Å². The van der Waals surface area contributed by atoms with Crippen molar-refractivity contribution in [1.29, 1.82) is 0 Å². The first-order valence-electron chi connectivity index (χ1n) is 9.96. The van der Waals surface area contributed by atoms with Crippen LogP contribution in [0.15, 0.2) is 25.8 Å². The smallest absolute Gasteiger partial charge is 0.504 e. The summed E-state index contributed by atoms with van der Waals surface area (Å²) in [4.78, 5) is 24.4. The summed E-state index contributed by atoms with van der Waals surface area (Å²) in [6.07, 6.45) is 5.47. The van der Waals surface area contributed by atoms with Gasteiger partial charge in [-0.2, -0.15) is 0 Å². The third-order valence-corrected chi connectivity index (χ3v) is 4.82. The predicted molar refractivity (Wildman–Crippen MR) is 109 cm³/mol. The van der Waals surface area contributed by atoms with Gasteiger partial charge in [-0.05, 0) is 31.9 Å². The molecule has 156 valence electrons. The minimum Gasteiger partial charge on any atom is -0.504 e. The first-order valence-corrected chi connectivity index (χ1v) is 9.96. The average molecular weight is 402 g/mol. The van der Waals surface area contributed by atoms with Gasteiger partial charge in [0, 0.05) is 11.5 Å². The van der Waals surface area contributed by atoms with Gasteiger partial charge in [0.2, 0.25) is 5.75 Å². The highest BCUT2D eigenvalue weighted by molar-refractivity contribution is 6.07. The molecule has 0 aliphatic rings. The SMILES string of the molecule is CCCCCCCCOC(=O)Oc1c(O)c(C)cc2c1oc1cc(C)oc(=O)c12. The lowest BCUT2D eigenvalue weighted by molar-refractivity contribution is 0.0963. The fraction of sp³-hybridized carbons (Fsp3) is 0.455. The van der Waals surface area contributed by atoms with E-state index < -0.39 is 11.8 Å². The highest BCUT2D eigenvalue weighted by Gasteiger charge is 2.23. The zero-order valence-electron chi connectivity index (χ0n) is 17.0. The number of unbranched alkanes of at least 4 members (excludes halogenated alkanes) is 5. The van der Waals surface area contributed by atoms with Crippen molar-refractivity contribution in [3.05, 3.63) is 33.9 Å². The highest BCUT2D eigenvalue weighted by atomic mass is 16.7. The maximum atomic E-state index is 12.3. The predicted octanol–water partition coefficient (Wildman–Crippen LogP) is 5.74. The van der Waals surface area contributed by atoms with E-state index >= 15 is 0 Å². The number of hydrogen-bond acceptors (Lipinski definition) is 7. The summed E-state index contributed by atoms with van der Waals surface area (Å²) in [7, 11) is 0. The molecule has 0 aliphatic heterocycles. The summed E-state index contributed by atoms with van der Waals surface area (Å²) in [5.41, 5.74) is 0.265. The van der Waals surface area contributed by atoms with Crippen molar-refractivity contribution >= 4 is 28.1 Å². The standard InChI is InChI=1S/C22H26O7/c1-4-5-6-7-8-9-10-26-22(25)29-20-18(23)13(2)11-15-17-16(28-19(15)20)12-14(3)27-21(17)24/h11-12,23H,4-10H2,1-3H3. The largest absolute Gasteiger partial charge is 0.514 e. The molecule has 2 heterocycles. The van der Waals surface area contributed by atoms with Crippen LogP contribution in [-0.2, 0) is 4.74 Å².